The lowest BCUT2D eigenvalue weighted by molar-refractivity contribution is -0.138. The van der Waals surface area contributed by atoms with Crippen LogP contribution in [0.1, 0.15) is 23.1 Å². The van der Waals surface area contributed by atoms with Crippen molar-refractivity contribution < 1.29 is 14.7 Å². The monoisotopic (exact) mass is 307 g/mol. The van der Waals surface area contributed by atoms with Crippen molar-refractivity contribution in [1.29, 1.82) is 0 Å². The molecule has 1 atom stereocenters. The highest BCUT2D eigenvalue weighted by molar-refractivity contribution is 6.08. The van der Waals surface area contributed by atoms with E-state index in [-0.39, 0.29) is 12.2 Å². The molecule has 1 amide bonds. The van der Waals surface area contributed by atoms with Gasteiger partial charge in [-0.3, -0.25) is 9.59 Å². The molecule has 1 heterocycles. The number of rotatable bonds is 4. The van der Waals surface area contributed by atoms with Crippen molar-refractivity contribution in [3.8, 4) is 0 Å². The van der Waals surface area contributed by atoms with Gasteiger partial charge in [-0.25, -0.2) is 0 Å². The van der Waals surface area contributed by atoms with E-state index in [4.69, 9.17) is 0 Å². The molecule has 2 aromatic rings. The van der Waals surface area contributed by atoms with Crippen LogP contribution in [0.5, 0.6) is 0 Å². The molecule has 0 saturated heterocycles. The molecule has 4 heteroatoms. The van der Waals surface area contributed by atoms with Crippen LogP contribution < -0.4 is 5.32 Å². The van der Waals surface area contributed by atoms with Gasteiger partial charge in [0.1, 0.15) is 0 Å². The summed E-state index contributed by atoms with van der Waals surface area (Å²) in [5.74, 6) is -0.861. The van der Waals surface area contributed by atoms with Crippen LogP contribution in [0.25, 0.3) is 6.08 Å². The minimum atomic E-state index is -1.81. The highest BCUT2D eigenvalue weighted by Gasteiger charge is 2.46. The average molecular weight is 307 g/mol. The van der Waals surface area contributed by atoms with Crippen molar-refractivity contribution in [1.82, 2.24) is 0 Å². The zero-order valence-corrected chi connectivity index (χ0v) is 12.7. The summed E-state index contributed by atoms with van der Waals surface area (Å²) in [6, 6.07) is 14.7. The van der Waals surface area contributed by atoms with Crippen LogP contribution in [0.3, 0.4) is 0 Å². The molecular weight excluding hydrogens is 290 g/mol. The molecule has 0 unspecified atom stereocenters. The maximum absolute atomic E-state index is 12.2. The van der Waals surface area contributed by atoms with Gasteiger partial charge in [-0.1, -0.05) is 54.1 Å². The van der Waals surface area contributed by atoms with Crippen LogP contribution in [0.15, 0.2) is 54.6 Å². The number of hydrogen-bond donors (Lipinski definition) is 2. The van der Waals surface area contributed by atoms with Crippen molar-refractivity contribution in [2.75, 3.05) is 5.32 Å². The number of ketones is 1. The van der Waals surface area contributed by atoms with Gasteiger partial charge in [0.05, 0.1) is 6.42 Å². The Morgan fingerprint density at radius 3 is 2.70 bits per heavy atom. The third kappa shape index (κ3) is 2.94. The summed E-state index contributed by atoms with van der Waals surface area (Å²) in [4.78, 5) is 24.3. The van der Waals surface area contributed by atoms with Crippen LogP contribution in [0.2, 0.25) is 0 Å². The number of nitrogens with one attached hydrogen (secondary N) is 1. The summed E-state index contributed by atoms with van der Waals surface area (Å²) in [6.45, 7) is 1.88. The highest BCUT2D eigenvalue weighted by Crippen LogP contribution is 2.39. The van der Waals surface area contributed by atoms with Crippen molar-refractivity contribution in [2.24, 2.45) is 0 Å². The Balaban J connectivity index is 1.82. The van der Waals surface area contributed by atoms with E-state index < -0.39 is 11.5 Å². The molecule has 0 bridgehead atoms. The fourth-order valence-corrected chi connectivity index (χ4v) is 2.70. The van der Waals surface area contributed by atoms with Gasteiger partial charge in [0.25, 0.3) is 5.91 Å². The topological polar surface area (TPSA) is 66.4 Å². The molecule has 0 radical (unpaired) electrons. The Hall–Kier alpha value is -2.72. The van der Waals surface area contributed by atoms with E-state index in [2.05, 4.69) is 5.32 Å². The van der Waals surface area contributed by atoms with Crippen LogP contribution in [0.4, 0.5) is 5.69 Å². The summed E-state index contributed by atoms with van der Waals surface area (Å²) in [7, 11) is 0. The first-order valence-electron chi connectivity index (χ1n) is 7.40. The van der Waals surface area contributed by atoms with Gasteiger partial charge in [-0.05, 0) is 24.6 Å². The average Bonchev–Trinajstić information content (AvgIpc) is 2.78. The van der Waals surface area contributed by atoms with E-state index in [1.54, 1.807) is 18.2 Å². The SMILES string of the molecule is Cc1ccc2c(c1)[C@@](O)(CC(=O)/C=C/c1ccccc1)C(=O)N2. The fraction of sp³-hybridized carbons (Fsp3) is 0.158. The largest absolute Gasteiger partial charge is 0.375 e. The second-order valence-corrected chi connectivity index (χ2v) is 5.75. The normalized spacial score (nSPS) is 19.7. The summed E-state index contributed by atoms with van der Waals surface area (Å²) in [5, 5.41) is 13.4. The fourth-order valence-electron chi connectivity index (χ4n) is 2.70. The van der Waals surface area contributed by atoms with Crippen LogP contribution in [-0.2, 0) is 15.2 Å². The number of hydrogen-bond acceptors (Lipinski definition) is 3. The van der Waals surface area contributed by atoms with Gasteiger partial charge in [0.15, 0.2) is 11.4 Å². The molecule has 116 valence electrons. The first-order valence-corrected chi connectivity index (χ1v) is 7.40. The molecule has 2 aromatic carbocycles. The Labute approximate surface area is 134 Å². The van der Waals surface area contributed by atoms with Gasteiger partial charge in [0, 0.05) is 11.3 Å². The highest BCUT2D eigenvalue weighted by atomic mass is 16.3. The first kappa shape index (κ1) is 15.2. The number of carbonyl (C=O) groups is 2. The second kappa shape index (κ2) is 5.82. The maximum Gasteiger partial charge on any atom is 0.261 e. The lowest BCUT2D eigenvalue weighted by Crippen LogP contribution is -2.36. The van der Waals surface area contributed by atoms with Gasteiger partial charge < -0.3 is 10.4 Å². The third-order valence-corrected chi connectivity index (χ3v) is 3.94. The molecule has 23 heavy (non-hydrogen) atoms. The Morgan fingerprint density at radius 1 is 1.22 bits per heavy atom. The van der Waals surface area contributed by atoms with Crippen molar-refractivity contribution in [3.63, 3.8) is 0 Å². The number of anilines is 1. The lowest BCUT2D eigenvalue weighted by Gasteiger charge is -2.19. The number of allylic oxidation sites excluding steroid dienone is 1. The molecular formula is C19H17NO3. The summed E-state index contributed by atoms with van der Waals surface area (Å²) in [5.41, 5.74) is 1.03. The molecule has 0 aliphatic carbocycles. The zero-order valence-electron chi connectivity index (χ0n) is 12.7. The Bertz CT molecular complexity index is 796. The van der Waals surface area contributed by atoms with E-state index in [0.717, 1.165) is 11.1 Å². The lowest BCUT2D eigenvalue weighted by atomic mass is 9.89. The van der Waals surface area contributed by atoms with Gasteiger partial charge in [-0.2, -0.15) is 0 Å². The maximum atomic E-state index is 12.2. The molecule has 3 rings (SSSR count). The number of carbonyl (C=O) groups excluding carboxylic acids is 2. The number of fused-ring (bicyclic) bond motifs is 1. The van der Waals surface area contributed by atoms with Crippen molar-refractivity contribution in [3.05, 3.63) is 71.3 Å². The molecule has 0 spiro atoms. The van der Waals surface area contributed by atoms with Gasteiger partial charge >= 0.3 is 0 Å². The number of benzene rings is 2. The van der Waals surface area contributed by atoms with E-state index in [9.17, 15) is 14.7 Å². The summed E-state index contributed by atoms with van der Waals surface area (Å²) < 4.78 is 0. The molecule has 1 aliphatic heterocycles. The molecule has 2 N–H and O–H groups in total. The minimum absolute atomic E-state index is 0.279. The predicted molar refractivity (Wildman–Crippen MR) is 88.8 cm³/mol. The van der Waals surface area contributed by atoms with Crippen molar-refractivity contribution in [2.45, 2.75) is 18.9 Å². The van der Waals surface area contributed by atoms with Gasteiger partial charge in [-0.15, -0.1) is 0 Å². The van der Waals surface area contributed by atoms with Crippen LogP contribution in [0, 0.1) is 6.92 Å². The summed E-state index contributed by atoms with van der Waals surface area (Å²) >= 11 is 0. The quantitative estimate of drug-likeness (QED) is 0.854. The zero-order chi connectivity index (χ0) is 16.4. The van der Waals surface area contributed by atoms with Crippen LogP contribution in [-0.4, -0.2) is 16.8 Å². The number of amides is 1. The van der Waals surface area contributed by atoms with E-state index >= 15 is 0 Å². The standard InChI is InChI=1S/C19H17NO3/c1-13-7-10-17-16(11-13)19(23,18(22)20-17)12-15(21)9-8-14-5-3-2-4-6-14/h2-11,23H,12H2,1H3,(H,20,22)/b9-8+/t19-/m0/s1. The second-order valence-electron chi connectivity index (χ2n) is 5.75. The van der Waals surface area contributed by atoms with E-state index in [0.29, 0.717) is 11.3 Å². The Morgan fingerprint density at radius 2 is 1.96 bits per heavy atom. The smallest absolute Gasteiger partial charge is 0.261 e. The minimum Gasteiger partial charge on any atom is -0.375 e. The van der Waals surface area contributed by atoms with E-state index in [1.807, 2.05) is 43.3 Å². The molecule has 0 fully saturated rings. The first-order chi connectivity index (χ1) is 11.0. The van der Waals surface area contributed by atoms with E-state index in [1.165, 1.54) is 6.08 Å². The molecule has 0 saturated carbocycles. The Kier molecular flexibility index (Phi) is 3.84. The van der Waals surface area contributed by atoms with Crippen molar-refractivity contribution >= 4 is 23.5 Å². The van der Waals surface area contributed by atoms with Crippen LogP contribution >= 0.6 is 0 Å². The molecule has 1 aliphatic rings. The third-order valence-electron chi connectivity index (χ3n) is 3.94. The molecule has 0 aromatic heterocycles. The van der Waals surface area contributed by atoms with Gasteiger partial charge in [0.2, 0.25) is 0 Å². The number of aliphatic hydroxyl groups is 1. The predicted octanol–water partition coefficient (Wildman–Crippen LogP) is 2.81. The molecule has 4 nitrogen and oxygen atoms in total. The number of aryl methyl sites for hydroxylation is 1. The summed E-state index contributed by atoms with van der Waals surface area (Å²) in [6.07, 6.45) is 2.79.